The molecule has 0 spiro atoms. The van der Waals surface area contributed by atoms with Gasteiger partial charge in [-0.1, -0.05) is 0 Å². The Hall–Kier alpha value is -1.78. The zero-order valence-electron chi connectivity index (χ0n) is 8.69. The number of hydrogen-bond donors (Lipinski definition) is 2. The molecule has 0 fully saturated rings. The molecule has 0 aliphatic carbocycles. The molecule has 0 aliphatic rings. The minimum absolute atomic E-state index is 0.0587. The van der Waals surface area contributed by atoms with Crippen molar-refractivity contribution < 1.29 is 9.59 Å². The van der Waals surface area contributed by atoms with Crippen LogP contribution in [0.4, 0.5) is 0 Å². The molecule has 2 N–H and O–H groups in total. The van der Waals surface area contributed by atoms with Gasteiger partial charge >= 0.3 is 0 Å². The summed E-state index contributed by atoms with van der Waals surface area (Å²) in [6.07, 6.45) is 3.65. The highest BCUT2D eigenvalue weighted by atomic mass is 16.2. The van der Waals surface area contributed by atoms with E-state index in [9.17, 15) is 9.59 Å². The Balaban J connectivity index is 2.11. The van der Waals surface area contributed by atoms with Crippen LogP contribution < -0.4 is 10.6 Å². The first-order valence-corrected chi connectivity index (χ1v) is 4.80. The summed E-state index contributed by atoms with van der Waals surface area (Å²) in [5, 5.41) is 5.30. The second-order valence-electron chi connectivity index (χ2n) is 3.19. The summed E-state index contributed by atoms with van der Waals surface area (Å²) >= 11 is 0. The minimum Gasteiger partial charge on any atom is -0.355 e. The van der Waals surface area contributed by atoms with Gasteiger partial charge in [0.05, 0.1) is 0 Å². The summed E-state index contributed by atoms with van der Waals surface area (Å²) in [6, 6.07) is 3.73. The molecule has 0 saturated carbocycles. The Morgan fingerprint density at radius 1 is 1.13 bits per heavy atom. The van der Waals surface area contributed by atoms with E-state index in [1.54, 1.807) is 4.57 Å². The predicted octanol–water partition coefficient (Wildman–Crippen LogP) is -0.260. The van der Waals surface area contributed by atoms with Crippen molar-refractivity contribution in [1.82, 2.24) is 15.2 Å². The van der Waals surface area contributed by atoms with Gasteiger partial charge in [-0.25, -0.2) is 0 Å². The molecule has 82 valence electrons. The van der Waals surface area contributed by atoms with Crippen LogP contribution in [0.25, 0.3) is 0 Å². The van der Waals surface area contributed by atoms with E-state index in [2.05, 4.69) is 10.6 Å². The number of hydrogen-bond acceptors (Lipinski definition) is 2. The van der Waals surface area contributed by atoms with Crippen molar-refractivity contribution in [3.63, 3.8) is 0 Å². The summed E-state index contributed by atoms with van der Waals surface area (Å²) < 4.78 is 1.79. The Morgan fingerprint density at radius 2 is 1.73 bits per heavy atom. The van der Waals surface area contributed by atoms with E-state index in [1.807, 2.05) is 24.5 Å². The highest BCUT2D eigenvalue weighted by molar-refractivity contribution is 5.76. The average molecular weight is 209 g/mol. The summed E-state index contributed by atoms with van der Waals surface area (Å²) in [4.78, 5) is 21.8. The van der Waals surface area contributed by atoms with Gasteiger partial charge in [-0.3, -0.25) is 9.59 Å². The van der Waals surface area contributed by atoms with E-state index < -0.39 is 0 Å². The van der Waals surface area contributed by atoms with Crippen molar-refractivity contribution in [2.24, 2.45) is 0 Å². The van der Waals surface area contributed by atoms with Gasteiger partial charge in [0.25, 0.3) is 0 Å². The Labute approximate surface area is 88.5 Å². The molecule has 5 nitrogen and oxygen atoms in total. The SMILES string of the molecule is CC(=O)NCCNC(=O)Cn1cccc1. The summed E-state index contributed by atoms with van der Waals surface area (Å²) in [5.74, 6) is -0.147. The maximum absolute atomic E-state index is 11.3. The van der Waals surface area contributed by atoms with Gasteiger partial charge in [-0.2, -0.15) is 0 Å². The fourth-order valence-electron chi connectivity index (χ4n) is 1.14. The smallest absolute Gasteiger partial charge is 0.239 e. The Morgan fingerprint density at radius 3 is 2.33 bits per heavy atom. The normalized spacial score (nSPS) is 9.67. The number of nitrogens with zero attached hydrogens (tertiary/aromatic N) is 1. The van der Waals surface area contributed by atoms with E-state index in [1.165, 1.54) is 6.92 Å². The van der Waals surface area contributed by atoms with E-state index >= 15 is 0 Å². The molecule has 0 aromatic carbocycles. The van der Waals surface area contributed by atoms with Crippen LogP contribution in [0.15, 0.2) is 24.5 Å². The third-order valence-corrected chi connectivity index (χ3v) is 1.81. The van der Waals surface area contributed by atoms with Crippen molar-refractivity contribution in [2.45, 2.75) is 13.5 Å². The van der Waals surface area contributed by atoms with E-state index in [-0.39, 0.29) is 11.8 Å². The molecule has 0 saturated heterocycles. The minimum atomic E-state index is -0.0883. The van der Waals surface area contributed by atoms with Crippen molar-refractivity contribution in [3.05, 3.63) is 24.5 Å². The first kappa shape index (κ1) is 11.3. The van der Waals surface area contributed by atoms with Gasteiger partial charge in [-0.05, 0) is 12.1 Å². The molecule has 1 aromatic heterocycles. The van der Waals surface area contributed by atoms with E-state index in [0.29, 0.717) is 19.6 Å². The summed E-state index contributed by atoms with van der Waals surface area (Å²) in [6.45, 7) is 2.68. The zero-order chi connectivity index (χ0) is 11.1. The van der Waals surface area contributed by atoms with Crippen LogP contribution in [0, 0.1) is 0 Å². The molecular formula is C10H15N3O2. The molecule has 0 unspecified atom stereocenters. The molecule has 1 rings (SSSR count). The summed E-state index contributed by atoms with van der Waals surface area (Å²) in [7, 11) is 0. The monoisotopic (exact) mass is 209 g/mol. The molecule has 1 aromatic rings. The zero-order valence-corrected chi connectivity index (χ0v) is 8.69. The Bertz CT molecular complexity index is 319. The molecule has 0 aliphatic heterocycles. The molecule has 2 amide bonds. The number of rotatable bonds is 5. The lowest BCUT2D eigenvalue weighted by molar-refractivity contribution is -0.122. The maximum Gasteiger partial charge on any atom is 0.239 e. The molecule has 15 heavy (non-hydrogen) atoms. The number of nitrogens with one attached hydrogen (secondary N) is 2. The maximum atomic E-state index is 11.3. The van der Waals surface area contributed by atoms with Crippen molar-refractivity contribution in [2.75, 3.05) is 13.1 Å². The van der Waals surface area contributed by atoms with Crippen LogP contribution in [0.2, 0.25) is 0 Å². The lowest BCUT2D eigenvalue weighted by atomic mass is 10.5. The number of aromatic nitrogens is 1. The molecule has 1 heterocycles. The van der Waals surface area contributed by atoms with Gasteiger partial charge in [0, 0.05) is 32.4 Å². The topological polar surface area (TPSA) is 63.1 Å². The Kier molecular flexibility index (Phi) is 4.40. The molecule has 5 heteroatoms. The lowest BCUT2D eigenvalue weighted by Crippen LogP contribution is -2.35. The second-order valence-corrected chi connectivity index (χ2v) is 3.19. The number of carbonyl (C=O) groups excluding carboxylic acids is 2. The molecular weight excluding hydrogens is 194 g/mol. The van der Waals surface area contributed by atoms with Crippen LogP contribution in [0.5, 0.6) is 0 Å². The average Bonchev–Trinajstić information content (AvgIpc) is 2.64. The van der Waals surface area contributed by atoms with Gasteiger partial charge in [0.1, 0.15) is 6.54 Å². The van der Waals surface area contributed by atoms with Crippen LogP contribution in [-0.2, 0) is 16.1 Å². The van der Waals surface area contributed by atoms with Crippen molar-refractivity contribution >= 4 is 11.8 Å². The van der Waals surface area contributed by atoms with Crippen LogP contribution in [0.1, 0.15) is 6.92 Å². The van der Waals surface area contributed by atoms with Crippen LogP contribution >= 0.6 is 0 Å². The highest BCUT2D eigenvalue weighted by Gasteiger charge is 2.00. The largest absolute Gasteiger partial charge is 0.355 e. The number of amides is 2. The standard InChI is InChI=1S/C10H15N3O2/c1-9(14)11-4-5-12-10(15)8-13-6-2-3-7-13/h2-3,6-7H,4-5,8H2,1H3,(H,11,14)(H,12,15). The van der Waals surface area contributed by atoms with Gasteiger partial charge in [0.15, 0.2) is 0 Å². The third kappa shape index (κ3) is 4.85. The molecule has 0 atom stereocenters. The van der Waals surface area contributed by atoms with Gasteiger partial charge in [0.2, 0.25) is 11.8 Å². The first-order chi connectivity index (χ1) is 7.18. The fraction of sp³-hybridized carbons (Fsp3) is 0.400. The van der Waals surface area contributed by atoms with Crippen molar-refractivity contribution in [3.8, 4) is 0 Å². The number of carbonyl (C=O) groups is 2. The van der Waals surface area contributed by atoms with Gasteiger partial charge in [-0.15, -0.1) is 0 Å². The van der Waals surface area contributed by atoms with Gasteiger partial charge < -0.3 is 15.2 Å². The van der Waals surface area contributed by atoms with E-state index in [4.69, 9.17) is 0 Å². The molecule has 0 bridgehead atoms. The van der Waals surface area contributed by atoms with Crippen LogP contribution in [-0.4, -0.2) is 29.5 Å². The predicted molar refractivity (Wildman–Crippen MR) is 56.1 cm³/mol. The quantitative estimate of drug-likeness (QED) is 0.656. The first-order valence-electron chi connectivity index (χ1n) is 4.80. The summed E-state index contributed by atoms with van der Waals surface area (Å²) in [5.41, 5.74) is 0. The molecule has 0 radical (unpaired) electrons. The van der Waals surface area contributed by atoms with E-state index in [0.717, 1.165) is 0 Å². The third-order valence-electron chi connectivity index (χ3n) is 1.81. The highest BCUT2D eigenvalue weighted by Crippen LogP contribution is 1.88. The fourth-order valence-corrected chi connectivity index (χ4v) is 1.14. The van der Waals surface area contributed by atoms with Crippen LogP contribution in [0.3, 0.4) is 0 Å². The lowest BCUT2D eigenvalue weighted by Gasteiger charge is -2.06. The van der Waals surface area contributed by atoms with Crippen molar-refractivity contribution in [1.29, 1.82) is 0 Å². The second kappa shape index (κ2) is 5.85.